The Bertz CT molecular complexity index is 1510. The zero-order chi connectivity index (χ0) is 29.9. The topological polar surface area (TPSA) is 162 Å². The highest BCUT2D eigenvalue weighted by Crippen LogP contribution is 2.37. The third kappa shape index (κ3) is 7.52. The number of fused-ring (bicyclic) bond motifs is 1. The summed E-state index contributed by atoms with van der Waals surface area (Å²) in [5, 5.41) is 13.7. The van der Waals surface area contributed by atoms with Gasteiger partial charge in [-0.15, -0.1) is 22.0 Å². The third-order valence-electron chi connectivity index (χ3n) is 5.46. The number of ether oxygens (including phenoxy) is 1. The van der Waals surface area contributed by atoms with Crippen LogP contribution in [0.3, 0.4) is 0 Å². The van der Waals surface area contributed by atoms with Crippen LogP contribution in [0.15, 0.2) is 50.9 Å². The predicted molar refractivity (Wildman–Crippen MR) is 148 cm³/mol. The molecular formula is C26H26ClFN6O6S. The summed E-state index contributed by atoms with van der Waals surface area (Å²) in [7, 11) is 0. The standard InChI is InChI=1S/C26H26ClFN6O6S/c1-13-31-32-22(38-13)24(36)40-33-21(29)16-9-19-20(10-17(16)28)41-12-18(30-25(37)39-26(2,3)4)23(35)34(19)11-14-5-7-15(27)8-6-14/h5-10,18H,11-12H2,1-4H3,(H2,29,33)(H,30,37)/t18-/m0/s1. The van der Waals surface area contributed by atoms with Gasteiger partial charge in [-0.25, -0.2) is 14.0 Å². The molecule has 3 N–H and O–H groups in total. The Morgan fingerprint density at radius 2 is 1.98 bits per heavy atom. The second kappa shape index (κ2) is 12.1. The van der Waals surface area contributed by atoms with E-state index in [0.29, 0.717) is 21.2 Å². The van der Waals surface area contributed by atoms with E-state index in [9.17, 15) is 14.4 Å². The van der Waals surface area contributed by atoms with Gasteiger partial charge < -0.3 is 29.9 Å². The molecule has 2 heterocycles. The Balaban J connectivity index is 1.67. The monoisotopic (exact) mass is 604 g/mol. The molecular weight excluding hydrogens is 579 g/mol. The number of nitrogens with one attached hydrogen (secondary N) is 1. The highest BCUT2D eigenvalue weighted by Gasteiger charge is 2.34. The Hall–Kier alpha value is -4.17. The highest BCUT2D eigenvalue weighted by molar-refractivity contribution is 7.99. The van der Waals surface area contributed by atoms with Gasteiger partial charge in [-0.3, -0.25) is 4.79 Å². The lowest BCUT2D eigenvalue weighted by Gasteiger charge is -2.27. The number of thioether (sulfide) groups is 1. The number of nitrogens with two attached hydrogens (primary N) is 1. The predicted octanol–water partition coefficient (Wildman–Crippen LogP) is 4.18. The maximum absolute atomic E-state index is 15.2. The SMILES string of the molecule is Cc1nnc(C(=O)O/N=C(\N)c2cc3c(cc2F)SC[C@H](NC(=O)OC(C)(C)C)C(=O)N3Cc2ccc(Cl)cc2)o1. The van der Waals surface area contributed by atoms with Crippen molar-refractivity contribution in [3.05, 3.63) is 70.1 Å². The van der Waals surface area contributed by atoms with Gasteiger partial charge in [0.05, 0.1) is 17.8 Å². The summed E-state index contributed by atoms with van der Waals surface area (Å²) in [4.78, 5) is 44.9. The van der Waals surface area contributed by atoms with Crippen LogP contribution in [0.2, 0.25) is 5.02 Å². The van der Waals surface area contributed by atoms with Gasteiger partial charge >= 0.3 is 18.0 Å². The van der Waals surface area contributed by atoms with Gasteiger partial charge in [0, 0.05) is 22.6 Å². The summed E-state index contributed by atoms with van der Waals surface area (Å²) in [6.07, 6.45) is -0.768. The van der Waals surface area contributed by atoms with Crippen LogP contribution >= 0.6 is 23.4 Å². The van der Waals surface area contributed by atoms with Crippen LogP contribution in [0.5, 0.6) is 0 Å². The summed E-state index contributed by atoms with van der Waals surface area (Å²) in [5.74, 6) is -3.04. The third-order valence-corrected chi connectivity index (χ3v) is 6.85. The van der Waals surface area contributed by atoms with Crippen molar-refractivity contribution in [3.8, 4) is 0 Å². The molecule has 0 bridgehead atoms. The molecule has 0 spiro atoms. The number of amides is 2. The molecule has 0 aliphatic carbocycles. The van der Waals surface area contributed by atoms with E-state index in [-0.39, 0.29) is 23.8 Å². The number of aryl methyl sites for hydroxylation is 1. The zero-order valence-corrected chi connectivity index (χ0v) is 24.0. The molecule has 216 valence electrons. The summed E-state index contributed by atoms with van der Waals surface area (Å²) < 4.78 is 25.5. The molecule has 0 unspecified atom stereocenters. The smallest absolute Gasteiger partial charge is 0.422 e. The Morgan fingerprint density at radius 3 is 2.61 bits per heavy atom. The van der Waals surface area contributed by atoms with E-state index in [0.717, 1.165) is 11.8 Å². The normalized spacial score (nSPS) is 15.7. The Labute approximate surface area is 243 Å². The first-order chi connectivity index (χ1) is 19.3. The number of benzene rings is 2. The second-order valence-corrected chi connectivity index (χ2v) is 11.3. The molecule has 3 aromatic rings. The summed E-state index contributed by atoms with van der Waals surface area (Å²) in [6.45, 7) is 6.65. The van der Waals surface area contributed by atoms with Crippen LogP contribution in [0, 0.1) is 12.7 Å². The molecule has 0 fully saturated rings. The molecule has 41 heavy (non-hydrogen) atoms. The fourth-order valence-corrected chi connectivity index (χ4v) is 4.87. The minimum absolute atomic E-state index is 0.0592. The maximum atomic E-state index is 15.2. The van der Waals surface area contributed by atoms with Gasteiger partial charge in [-0.05, 0) is 50.6 Å². The molecule has 0 saturated heterocycles. The quantitative estimate of drug-likeness (QED) is 0.181. The first-order valence-electron chi connectivity index (χ1n) is 12.2. The summed E-state index contributed by atoms with van der Waals surface area (Å²) >= 11 is 7.19. The maximum Gasteiger partial charge on any atom is 0.422 e. The fourth-order valence-electron chi connectivity index (χ4n) is 3.66. The van der Waals surface area contributed by atoms with Crippen molar-refractivity contribution in [1.82, 2.24) is 15.5 Å². The average molecular weight is 605 g/mol. The number of alkyl carbamates (subject to hydrolysis) is 1. The highest BCUT2D eigenvalue weighted by atomic mass is 35.5. The van der Waals surface area contributed by atoms with E-state index in [4.69, 9.17) is 31.3 Å². The largest absolute Gasteiger partial charge is 0.444 e. The molecule has 2 amide bonds. The number of anilines is 1. The van der Waals surface area contributed by atoms with Crippen LogP contribution in [0.1, 0.15) is 48.5 Å². The van der Waals surface area contributed by atoms with Gasteiger partial charge in [0.2, 0.25) is 5.89 Å². The number of hydrogen-bond acceptors (Lipinski definition) is 10. The zero-order valence-electron chi connectivity index (χ0n) is 22.4. The Morgan fingerprint density at radius 1 is 1.27 bits per heavy atom. The van der Waals surface area contributed by atoms with Crippen molar-refractivity contribution in [2.75, 3.05) is 10.7 Å². The number of halogens is 2. The molecule has 1 aliphatic heterocycles. The summed E-state index contributed by atoms with van der Waals surface area (Å²) in [6, 6.07) is 8.34. The fraction of sp³-hybridized carbons (Fsp3) is 0.308. The lowest BCUT2D eigenvalue weighted by atomic mass is 10.1. The molecule has 1 atom stereocenters. The van der Waals surface area contributed by atoms with Crippen LogP contribution in [0.4, 0.5) is 14.9 Å². The van der Waals surface area contributed by atoms with Crippen molar-refractivity contribution < 1.29 is 32.8 Å². The molecule has 4 rings (SSSR count). The van der Waals surface area contributed by atoms with Crippen LogP contribution in [-0.4, -0.2) is 51.4 Å². The van der Waals surface area contributed by atoms with Crippen molar-refractivity contribution in [2.45, 2.75) is 50.8 Å². The van der Waals surface area contributed by atoms with Gasteiger partial charge in [0.1, 0.15) is 17.5 Å². The summed E-state index contributed by atoms with van der Waals surface area (Å²) in [5.41, 5.74) is 5.98. The molecule has 1 aliphatic rings. The molecule has 0 saturated carbocycles. The minimum Gasteiger partial charge on any atom is -0.444 e. The average Bonchev–Trinajstić information content (AvgIpc) is 3.29. The van der Waals surface area contributed by atoms with Crippen LogP contribution < -0.4 is 16.0 Å². The molecule has 12 nitrogen and oxygen atoms in total. The van der Waals surface area contributed by atoms with Gasteiger partial charge in [0.15, 0.2) is 5.84 Å². The number of amidine groups is 1. The number of oxime groups is 1. The van der Waals surface area contributed by atoms with E-state index < -0.39 is 47.2 Å². The van der Waals surface area contributed by atoms with Crippen molar-refractivity contribution >= 4 is 52.9 Å². The van der Waals surface area contributed by atoms with Crippen LogP contribution in [-0.2, 0) is 20.9 Å². The number of rotatable bonds is 6. The number of hydrogen-bond donors (Lipinski definition) is 2. The molecule has 15 heteroatoms. The van der Waals surface area contributed by atoms with Crippen LogP contribution in [0.25, 0.3) is 0 Å². The van der Waals surface area contributed by atoms with Crippen molar-refractivity contribution in [1.29, 1.82) is 0 Å². The van der Waals surface area contributed by atoms with E-state index in [1.807, 2.05) is 0 Å². The van der Waals surface area contributed by atoms with Crippen molar-refractivity contribution in [3.63, 3.8) is 0 Å². The number of carbonyl (C=O) groups excluding carboxylic acids is 3. The molecule has 2 aromatic carbocycles. The number of aromatic nitrogens is 2. The minimum atomic E-state index is -1.09. The first kappa shape index (κ1) is 29.8. The lowest BCUT2D eigenvalue weighted by Crippen LogP contribution is -2.50. The Kier molecular flexibility index (Phi) is 8.83. The van der Waals surface area contributed by atoms with Crippen molar-refractivity contribution in [2.24, 2.45) is 10.9 Å². The van der Waals surface area contributed by atoms with E-state index in [2.05, 4.69) is 20.7 Å². The van der Waals surface area contributed by atoms with Gasteiger partial charge in [-0.2, -0.15) is 0 Å². The second-order valence-electron chi connectivity index (χ2n) is 9.84. The molecule has 0 radical (unpaired) electrons. The van der Waals surface area contributed by atoms with Gasteiger partial charge in [-0.1, -0.05) is 28.9 Å². The van der Waals surface area contributed by atoms with E-state index in [1.54, 1.807) is 45.0 Å². The van der Waals surface area contributed by atoms with Gasteiger partial charge in [0.25, 0.3) is 5.91 Å². The van der Waals surface area contributed by atoms with E-state index in [1.165, 1.54) is 24.0 Å². The molecule has 1 aromatic heterocycles. The lowest BCUT2D eigenvalue weighted by molar-refractivity contribution is -0.120. The first-order valence-corrected chi connectivity index (χ1v) is 13.5. The van der Waals surface area contributed by atoms with E-state index >= 15 is 4.39 Å². The number of carbonyl (C=O) groups is 3. The number of nitrogens with zero attached hydrogens (tertiary/aromatic N) is 4.